The van der Waals surface area contributed by atoms with Crippen molar-refractivity contribution in [2.24, 2.45) is 5.92 Å². The molecule has 1 aliphatic heterocycles. The molecule has 1 heterocycles. The Bertz CT molecular complexity index is 1600. The van der Waals surface area contributed by atoms with Crippen molar-refractivity contribution >= 4 is 40.6 Å². The summed E-state index contributed by atoms with van der Waals surface area (Å²) in [6.07, 6.45) is -1.66. The minimum absolute atomic E-state index is 0.206. The summed E-state index contributed by atoms with van der Waals surface area (Å²) >= 11 is 0. The van der Waals surface area contributed by atoms with Crippen LogP contribution in [0.2, 0.25) is 0 Å². The Morgan fingerprint density at radius 1 is 0.918 bits per heavy atom. The number of nitrogens with zero attached hydrogens (tertiary/aromatic N) is 2. The number of ether oxygens (including phenoxy) is 4. The Hall–Kier alpha value is -4.80. The number of anilines is 1. The highest BCUT2D eigenvalue weighted by molar-refractivity contribution is 5.86. The van der Waals surface area contributed by atoms with Crippen molar-refractivity contribution in [3.8, 4) is 0 Å². The van der Waals surface area contributed by atoms with E-state index in [1.807, 2.05) is 73.7 Å². The molecule has 0 aliphatic carbocycles. The monoisotopic (exact) mass is 675 g/mol. The van der Waals surface area contributed by atoms with Crippen LogP contribution >= 0.6 is 0 Å². The molecule has 49 heavy (non-hydrogen) atoms. The number of hydrogen-bond acceptors (Lipinski definition) is 9. The maximum Gasteiger partial charge on any atom is 0.413 e. The van der Waals surface area contributed by atoms with Gasteiger partial charge in [-0.05, 0) is 75.1 Å². The molecule has 4 rings (SSSR count). The second-order valence-electron chi connectivity index (χ2n) is 13.5. The van der Waals surface area contributed by atoms with Crippen molar-refractivity contribution in [2.75, 3.05) is 31.1 Å². The molecule has 1 saturated heterocycles. The fraction of sp³-hybridized carbons (Fsp3) is 0.474. The standard InChI is InChI=1S/C38H49N3O8/c1-8-46-33(42)22-27-16-18-29(19-17-27)40-21-20-30(24-40)41(26(4)31-15-11-13-28-12-9-10-14-32(28)31)37(45)48-35(25(2)3)47-34(43)23-39-36(44)49-38(5,6)7/h9-19,25-26,30,35H,8,20-24H2,1-7H3,(H,39,44)/t26-,30+,35?/m1/s1. The Kier molecular flexibility index (Phi) is 12.5. The minimum atomic E-state index is -1.19. The van der Waals surface area contributed by atoms with Gasteiger partial charge in [-0.25, -0.2) is 9.59 Å². The molecular weight excluding hydrogens is 626 g/mol. The van der Waals surface area contributed by atoms with Gasteiger partial charge < -0.3 is 29.2 Å². The minimum Gasteiger partial charge on any atom is -0.466 e. The molecule has 1 aliphatic rings. The fourth-order valence-corrected chi connectivity index (χ4v) is 5.88. The van der Waals surface area contributed by atoms with Gasteiger partial charge in [-0.3, -0.25) is 14.5 Å². The summed E-state index contributed by atoms with van der Waals surface area (Å²) in [7, 11) is 0. The zero-order valence-electron chi connectivity index (χ0n) is 29.6. The van der Waals surface area contributed by atoms with Gasteiger partial charge in [-0.2, -0.15) is 0 Å². The molecule has 3 aromatic carbocycles. The third-order valence-electron chi connectivity index (χ3n) is 8.20. The summed E-state index contributed by atoms with van der Waals surface area (Å²) in [6.45, 7) is 13.6. The second-order valence-corrected chi connectivity index (χ2v) is 13.5. The molecule has 3 aromatic rings. The molecule has 0 bridgehead atoms. The second kappa shape index (κ2) is 16.5. The Balaban J connectivity index is 1.53. The molecule has 0 radical (unpaired) electrons. The molecule has 11 heteroatoms. The van der Waals surface area contributed by atoms with Gasteiger partial charge in [0.25, 0.3) is 6.29 Å². The zero-order valence-corrected chi connectivity index (χ0v) is 29.6. The lowest BCUT2D eigenvalue weighted by molar-refractivity contribution is -0.176. The first-order valence-electron chi connectivity index (χ1n) is 16.9. The molecule has 1 N–H and O–H groups in total. The molecule has 0 aromatic heterocycles. The number of amides is 2. The molecule has 2 amide bonds. The molecule has 264 valence electrons. The highest BCUT2D eigenvalue weighted by Gasteiger charge is 2.38. The van der Waals surface area contributed by atoms with Gasteiger partial charge in [-0.15, -0.1) is 0 Å². The normalized spacial score (nSPS) is 15.8. The predicted molar refractivity (Wildman–Crippen MR) is 187 cm³/mol. The first kappa shape index (κ1) is 37.0. The number of alkyl carbamates (subject to hydrolysis) is 1. The summed E-state index contributed by atoms with van der Waals surface area (Å²) in [5.74, 6) is -1.39. The van der Waals surface area contributed by atoms with Crippen molar-refractivity contribution in [1.82, 2.24) is 10.2 Å². The van der Waals surface area contributed by atoms with E-state index >= 15 is 0 Å². The van der Waals surface area contributed by atoms with Crippen LogP contribution in [0.1, 0.15) is 72.1 Å². The van der Waals surface area contributed by atoms with Crippen molar-refractivity contribution in [1.29, 1.82) is 0 Å². The number of fused-ring (bicyclic) bond motifs is 1. The summed E-state index contributed by atoms with van der Waals surface area (Å²) in [5.41, 5.74) is 2.09. The molecule has 0 spiro atoms. The van der Waals surface area contributed by atoms with E-state index in [2.05, 4.69) is 10.2 Å². The van der Waals surface area contributed by atoms with Crippen LogP contribution in [0.4, 0.5) is 15.3 Å². The zero-order chi connectivity index (χ0) is 35.7. The highest BCUT2D eigenvalue weighted by Crippen LogP contribution is 2.34. The Morgan fingerprint density at radius 2 is 1.61 bits per heavy atom. The number of nitrogens with one attached hydrogen (secondary N) is 1. The van der Waals surface area contributed by atoms with Gasteiger partial charge in [0, 0.05) is 24.7 Å². The van der Waals surface area contributed by atoms with Gasteiger partial charge in [0.05, 0.1) is 25.1 Å². The van der Waals surface area contributed by atoms with Crippen molar-refractivity contribution < 1.29 is 38.1 Å². The van der Waals surface area contributed by atoms with Crippen molar-refractivity contribution in [3.63, 3.8) is 0 Å². The lowest BCUT2D eigenvalue weighted by atomic mass is 9.97. The topological polar surface area (TPSA) is 124 Å². The quantitative estimate of drug-likeness (QED) is 0.126. The number of esters is 2. The van der Waals surface area contributed by atoms with Crippen molar-refractivity contribution in [3.05, 3.63) is 77.9 Å². The molecule has 1 fully saturated rings. The Labute approximate surface area is 288 Å². The van der Waals surface area contributed by atoms with E-state index in [0.29, 0.717) is 26.1 Å². The van der Waals surface area contributed by atoms with Crippen LogP contribution in [-0.4, -0.2) is 73.2 Å². The molecule has 11 nitrogen and oxygen atoms in total. The smallest absolute Gasteiger partial charge is 0.413 e. The largest absolute Gasteiger partial charge is 0.466 e. The third kappa shape index (κ3) is 10.3. The average molecular weight is 676 g/mol. The Morgan fingerprint density at radius 3 is 2.29 bits per heavy atom. The van der Waals surface area contributed by atoms with Gasteiger partial charge in [0.15, 0.2) is 0 Å². The predicted octanol–water partition coefficient (Wildman–Crippen LogP) is 6.77. The first-order chi connectivity index (χ1) is 23.3. The lowest BCUT2D eigenvalue weighted by Gasteiger charge is -2.36. The highest BCUT2D eigenvalue weighted by atomic mass is 16.7. The SMILES string of the molecule is CCOC(=O)Cc1ccc(N2CC[C@H](N(C(=O)OC(OC(=O)CNC(=O)OC(C)(C)C)C(C)C)[C@H](C)c3cccc4ccccc34)C2)cc1. The number of carbonyl (C=O) groups excluding carboxylic acids is 4. The first-order valence-corrected chi connectivity index (χ1v) is 16.9. The van der Waals surface area contributed by atoms with E-state index in [0.717, 1.165) is 27.6 Å². The molecule has 1 unspecified atom stereocenters. The summed E-state index contributed by atoms with van der Waals surface area (Å²) < 4.78 is 21.8. The lowest BCUT2D eigenvalue weighted by Crippen LogP contribution is -2.46. The number of benzene rings is 3. The molecular formula is C38H49N3O8. The summed E-state index contributed by atoms with van der Waals surface area (Å²) in [6, 6.07) is 21.3. The third-order valence-corrected chi connectivity index (χ3v) is 8.20. The maximum atomic E-state index is 14.2. The van der Waals surface area contributed by atoms with E-state index in [-0.39, 0.29) is 30.4 Å². The van der Waals surface area contributed by atoms with E-state index < -0.39 is 36.6 Å². The summed E-state index contributed by atoms with van der Waals surface area (Å²) in [5, 5.41) is 4.47. The van der Waals surface area contributed by atoms with Crippen LogP contribution < -0.4 is 10.2 Å². The number of hydrogen-bond donors (Lipinski definition) is 1. The van der Waals surface area contributed by atoms with Gasteiger partial charge in [0.2, 0.25) is 0 Å². The van der Waals surface area contributed by atoms with Crippen LogP contribution in [0.3, 0.4) is 0 Å². The summed E-state index contributed by atoms with van der Waals surface area (Å²) in [4.78, 5) is 54.9. The average Bonchev–Trinajstić information content (AvgIpc) is 3.52. The van der Waals surface area contributed by atoms with Gasteiger partial charge >= 0.3 is 24.1 Å². The van der Waals surface area contributed by atoms with E-state index in [9.17, 15) is 19.2 Å². The number of carbonyl (C=O) groups is 4. The van der Waals surface area contributed by atoms with E-state index in [1.165, 1.54) is 0 Å². The van der Waals surface area contributed by atoms with Gasteiger partial charge in [-0.1, -0.05) is 68.4 Å². The van der Waals surface area contributed by atoms with Crippen LogP contribution in [0.15, 0.2) is 66.7 Å². The fourth-order valence-electron chi connectivity index (χ4n) is 5.88. The maximum absolute atomic E-state index is 14.2. The van der Waals surface area contributed by atoms with E-state index in [4.69, 9.17) is 18.9 Å². The molecule has 0 saturated carbocycles. The van der Waals surface area contributed by atoms with Crippen LogP contribution in [0.5, 0.6) is 0 Å². The van der Waals surface area contributed by atoms with Crippen LogP contribution in [0, 0.1) is 5.92 Å². The van der Waals surface area contributed by atoms with Crippen molar-refractivity contribution in [2.45, 2.75) is 85.3 Å². The molecule has 3 atom stereocenters. The van der Waals surface area contributed by atoms with Crippen LogP contribution in [-0.2, 0) is 35.0 Å². The van der Waals surface area contributed by atoms with Gasteiger partial charge in [0.1, 0.15) is 12.1 Å². The number of rotatable bonds is 12. The van der Waals surface area contributed by atoms with E-state index in [1.54, 1.807) is 46.4 Å². The van der Waals surface area contributed by atoms with Crippen LogP contribution in [0.25, 0.3) is 10.8 Å².